The molecular formula is C25H28ClN5O6. The summed E-state index contributed by atoms with van der Waals surface area (Å²) in [5.41, 5.74) is -0.775. The van der Waals surface area contributed by atoms with Gasteiger partial charge in [-0.3, -0.25) is 4.57 Å². The van der Waals surface area contributed by atoms with Crippen LogP contribution >= 0.6 is 11.6 Å². The zero-order valence-corrected chi connectivity index (χ0v) is 21.0. The van der Waals surface area contributed by atoms with Crippen molar-refractivity contribution >= 4 is 34.6 Å². The Kier molecular flexibility index (Phi) is 7.96. The van der Waals surface area contributed by atoms with Gasteiger partial charge in [-0.25, -0.2) is 9.78 Å². The van der Waals surface area contributed by atoms with Crippen LogP contribution < -0.4 is 5.32 Å². The number of carbonyl (C=O) groups is 1. The normalized spacial score (nSPS) is 25.0. The third kappa shape index (κ3) is 5.39. The lowest BCUT2D eigenvalue weighted by Crippen LogP contribution is -2.48. The monoisotopic (exact) mass is 529 g/mol. The zero-order chi connectivity index (χ0) is 26.7. The second kappa shape index (κ2) is 11.0. The van der Waals surface area contributed by atoms with Crippen LogP contribution in [0.4, 0.5) is 5.82 Å². The first-order valence-corrected chi connectivity index (χ1v) is 12.1. The van der Waals surface area contributed by atoms with Crippen molar-refractivity contribution in [1.29, 1.82) is 0 Å². The van der Waals surface area contributed by atoms with Crippen LogP contribution in [0.5, 0.6) is 0 Å². The molecule has 12 heteroatoms. The van der Waals surface area contributed by atoms with E-state index in [2.05, 4.69) is 26.2 Å². The molecule has 0 radical (unpaired) electrons. The Morgan fingerprint density at radius 2 is 2.11 bits per heavy atom. The molecule has 2 aromatic heterocycles. The SMILES string of the molecule is C#C[C@@]1(O)[C@@H](COC(Cc2ccccc2)C(=O)O)O[C@@H](n2cnc3c(N[C@@H](C)CC)nc(Cl)nc32)[C@@H]1O. The molecule has 1 saturated heterocycles. The van der Waals surface area contributed by atoms with Crippen LogP contribution in [-0.4, -0.2) is 77.4 Å². The van der Waals surface area contributed by atoms with E-state index >= 15 is 0 Å². The number of benzene rings is 1. The molecule has 4 N–H and O–H groups in total. The molecule has 11 nitrogen and oxygen atoms in total. The van der Waals surface area contributed by atoms with E-state index in [0.29, 0.717) is 11.3 Å². The van der Waals surface area contributed by atoms with E-state index in [1.54, 1.807) is 24.3 Å². The summed E-state index contributed by atoms with van der Waals surface area (Å²) in [6.45, 7) is 3.60. The number of rotatable bonds is 10. The minimum atomic E-state index is -2.17. The molecule has 0 aliphatic carbocycles. The Morgan fingerprint density at radius 1 is 1.38 bits per heavy atom. The number of ether oxygens (including phenoxy) is 2. The molecule has 1 aromatic carbocycles. The van der Waals surface area contributed by atoms with Crippen LogP contribution in [0.3, 0.4) is 0 Å². The number of carboxylic acids is 1. The molecule has 37 heavy (non-hydrogen) atoms. The maximum atomic E-state index is 11.8. The molecule has 1 aliphatic heterocycles. The van der Waals surface area contributed by atoms with Crippen molar-refractivity contribution in [2.45, 2.75) is 62.9 Å². The standard InChI is InChI=1S/C25H28ClN5O6/c1-4-14(3)28-20-18-21(30-24(26)29-20)31(13-27-18)22-19(32)25(35,5-2)17(37-22)12-36-16(23(33)34)11-15-9-7-6-8-10-15/h2,6-10,13-14,16-17,19,22,32,35H,4,11-12H2,1,3H3,(H,33,34)(H,28,29,30)/t14-,16?,17+,19-,22+,25+/m0/s1. The minimum absolute atomic E-state index is 0.0511. The quantitative estimate of drug-likeness (QED) is 0.227. The van der Waals surface area contributed by atoms with Gasteiger partial charge in [-0.2, -0.15) is 9.97 Å². The average Bonchev–Trinajstić information content (AvgIpc) is 3.41. The smallest absolute Gasteiger partial charge is 0.333 e. The van der Waals surface area contributed by atoms with Gasteiger partial charge in [0.05, 0.1) is 12.9 Å². The van der Waals surface area contributed by atoms with Gasteiger partial charge in [0, 0.05) is 12.5 Å². The lowest BCUT2D eigenvalue weighted by Gasteiger charge is -2.26. The van der Waals surface area contributed by atoms with E-state index in [4.69, 9.17) is 27.5 Å². The van der Waals surface area contributed by atoms with Crippen molar-refractivity contribution in [3.05, 3.63) is 47.5 Å². The lowest BCUT2D eigenvalue weighted by atomic mass is 9.93. The summed E-state index contributed by atoms with van der Waals surface area (Å²) >= 11 is 6.15. The fraction of sp³-hybridized carbons (Fsp3) is 0.440. The Morgan fingerprint density at radius 3 is 2.76 bits per heavy atom. The number of aliphatic carboxylic acids is 1. The first kappa shape index (κ1) is 26.8. The molecular weight excluding hydrogens is 502 g/mol. The molecule has 1 aliphatic rings. The fourth-order valence-corrected chi connectivity index (χ4v) is 4.24. The highest BCUT2D eigenvalue weighted by Gasteiger charge is 2.56. The predicted molar refractivity (Wildman–Crippen MR) is 135 cm³/mol. The maximum absolute atomic E-state index is 11.8. The first-order chi connectivity index (χ1) is 17.7. The summed E-state index contributed by atoms with van der Waals surface area (Å²) in [6, 6.07) is 9.05. The van der Waals surface area contributed by atoms with Crippen LogP contribution in [-0.2, 0) is 20.7 Å². The second-order valence-corrected chi connectivity index (χ2v) is 9.24. The molecule has 0 saturated carbocycles. The van der Waals surface area contributed by atoms with E-state index in [-0.39, 0.29) is 30.0 Å². The van der Waals surface area contributed by atoms with Crippen LogP contribution in [0.2, 0.25) is 5.28 Å². The van der Waals surface area contributed by atoms with Gasteiger partial charge < -0.3 is 30.1 Å². The zero-order valence-electron chi connectivity index (χ0n) is 20.3. The van der Waals surface area contributed by atoms with Crippen molar-refractivity contribution < 1.29 is 29.6 Å². The molecule has 3 heterocycles. The third-order valence-corrected chi connectivity index (χ3v) is 6.57. The summed E-state index contributed by atoms with van der Waals surface area (Å²) in [5.74, 6) is 1.41. The molecule has 196 valence electrons. The number of nitrogens with zero attached hydrogens (tertiary/aromatic N) is 4. The lowest BCUT2D eigenvalue weighted by molar-refractivity contribution is -0.156. The largest absolute Gasteiger partial charge is 0.479 e. The molecule has 0 spiro atoms. The van der Waals surface area contributed by atoms with E-state index in [1.165, 1.54) is 10.9 Å². The third-order valence-electron chi connectivity index (χ3n) is 6.40. The van der Waals surface area contributed by atoms with Crippen LogP contribution in [0.25, 0.3) is 11.2 Å². The number of anilines is 1. The molecule has 1 unspecified atom stereocenters. The first-order valence-electron chi connectivity index (χ1n) is 11.8. The number of aliphatic hydroxyl groups excluding tert-OH is 1. The van der Waals surface area contributed by atoms with Gasteiger partial charge in [0.15, 0.2) is 34.9 Å². The number of hydrogen-bond donors (Lipinski definition) is 4. The van der Waals surface area contributed by atoms with Crippen molar-refractivity contribution in [3.8, 4) is 12.3 Å². The summed E-state index contributed by atoms with van der Waals surface area (Å²) < 4.78 is 12.9. The molecule has 1 fully saturated rings. The molecule has 6 atom stereocenters. The van der Waals surface area contributed by atoms with Gasteiger partial charge in [0.2, 0.25) is 5.28 Å². The van der Waals surface area contributed by atoms with Crippen molar-refractivity contribution in [1.82, 2.24) is 19.5 Å². The maximum Gasteiger partial charge on any atom is 0.333 e. The summed E-state index contributed by atoms with van der Waals surface area (Å²) in [4.78, 5) is 24.6. The number of terminal acetylenes is 1. The number of fused-ring (bicyclic) bond motifs is 1. The van der Waals surface area contributed by atoms with E-state index in [1.807, 2.05) is 19.9 Å². The van der Waals surface area contributed by atoms with Crippen LogP contribution in [0, 0.1) is 12.3 Å². The summed E-state index contributed by atoms with van der Waals surface area (Å²) in [5, 5.41) is 34.9. The van der Waals surface area contributed by atoms with Gasteiger partial charge in [0.1, 0.15) is 12.2 Å². The van der Waals surface area contributed by atoms with Crippen molar-refractivity contribution in [3.63, 3.8) is 0 Å². The molecule has 3 aromatic rings. The molecule has 4 rings (SSSR count). The second-order valence-electron chi connectivity index (χ2n) is 8.90. The van der Waals surface area contributed by atoms with E-state index < -0.39 is 36.1 Å². The van der Waals surface area contributed by atoms with Gasteiger partial charge in [-0.1, -0.05) is 43.2 Å². The minimum Gasteiger partial charge on any atom is -0.479 e. The van der Waals surface area contributed by atoms with Gasteiger partial charge >= 0.3 is 5.97 Å². The number of carboxylic acid groups (broad SMARTS) is 1. The number of halogens is 1. The summed E-state index contributed by atoms with van der Waals surface area (Å²) in [6.07, 6.45) is 2.60. The van der Waals surface area contributed by atoms with Gasteiger partial charge in [-0.15, -0.1) is 6.42 Å². The highest BCUT2D eigenvalue weighted by atomic mass is 35.5. The molecule has 0 amide bonds. The fourth-order valence-electron chi connectivity index (χ4n) is 4.08. The molecule has 0 bridgehead atoms. The number of imidazole rings is 1. The average molecular weight is 530 g/mol. The van der Waals surface area contributed by atoms with Crippen molar-refractivity contribution in [2.24, 2.45) is 0 Å². The predicted octanol–water partition coefficient (Wildman–Crippen LogP) is 2.03. The van der Waals surface area contributed by atoms with E-state index in [9.17, 15) is 20.1 Å². The Labute approximate surface area is 218 Å². The van der Waals surface area contributed by atoms with E-state index in [0.717, 1.165) is 12.0 Å². The van der Waals surface area contributed by atoms with Gasteiger partial charge in [0.25, 0.3) is 0 Å². The topological polar surface area (TPSA) is 152 Å². The van der Waals surface area contributed by atoms with Crippen LogP contribution in [0.1, 0.15) is 32.1 Å². The number of nitrogens with one attached hydrogen (secondary N) is 1. The van der Waals surface area contributed by atoms with Crippen LogP contribution in [0.15, 0.2) is 36.7 Å². The Balaban J connectivity index is 1.58. The summed E-state index contributed by atoms with van der Waals surface area (Å²) in [7, 11) is 0. The highest BCUT2D eigenvalue weighted by molar-refractivity contribution is 6.28. The van der Waals surface area contributed by atoms with Gasteiger partial charge in [-0.05, 0) is 30.5 Å². The number of hydrogen-bond acceptors (Lipinski definition) is 9. The number of aliphatic hydroxyl groups is 2. The highest BCUT2D eigenvalue weighted by Crippen LogP contribution is 2.39. The van der Waals surface area contributed by atoms with Crippen molar-refractivity contribution in [2.75, 3.05) is 11.9 Å². The number of aromatic nitrogens is 4. The Hall–Kier alpha value is -3.27. The Bertz CT molecular complexity index is 1300.